The number of aromatic nitrogens is 3. The fourth-order valence-electron chi connectivity index (χ4n) is 4.51. The van der Waals surface area contributed by atoms with Gasteiger partial charge in [0.1, 0.15) is 24.1 Å². The number of halogens is 3. The number of nitriles is 1. The molecule has 0 aliphatic carbocycles. The van der Waals surface area contributed by atoms with E-state index in [1.165, 1.54) is 6.07 Å². The molecule has 39 heavy (non-hydrogen) atoms. The first-order chi connectivity index (χ1) is 18.7. The molecule has 200 valence electrons. The summed E-state index contributed by atoms with van der Waals surface area (Å²) >= 11 is 1.66. The number of primary amides is 1. The van der Waals surface area contributed by atoms with Crippen molar-refractivity contribution in [2.45, 2.75) is 36.5 Å². The number of amides is 1. The molecule has 0 atom stereocenters. The normalized spacial score (nSPS) is 14.8. The highest BCUT2D eigenvalue weighted by atomic mass is 32.2. The number of nitrogens with one attached hydrogen (secondary N) is 1. The molecule has 4 heterocycles. The molecule has 12 heteroatoms. The third-order valence-electron chi connectivity index (χ3n) is 6.48. The number of rotatable bonds is 7. The van der Waals surface area contributed by atoms with Gasteiger partial charge in [0.25, 0.3) is 0 Å². The standard InChI is InChI=1S/C27H24F3N7OS/c28-27(29,30)20-3-6-25(33-14-20)35-21-7-9-37(10-8-21)39-22-4-1-17(2-5-22)18-11-23-19(12-31)15-36(16-24(32)38)26(23)34-13-18/h1-6,11,13-15,21H,7-10,16H2,(H2,32,38)(H,33,35). The number of carbonyl (C=O) groups excluding carboxylic acids is 1. The van der Waals surface area contributed by atoms with Crippen molar-refractivity contribution in [2.75, 3.05) is 18.4 Å². The molecule has 0 radical (unpaired) electrons. The molecule has 3 N–H and O–H groups in total. The number of hydrogen-bond donors (Lipinski definition) is 2. The van der Waals surface area contributed by atoms with Gasteiger partial charge in [-0.05, 0) is 60.7 Å². The van der Waals surface area contributed by atoms with Crippen molar-refractivity contribution in [1.29, 1.82) is 5.26 Å². The molecule has 5 rings (SSSR count). The van der Waals surface area contributed by atoms with E-state index >= 15 is 0 Å². The van der Waals surface area contributed by atoms with E-state index in [0.717, 1.165) is 54.2 Å². The number of hydrogen-bond acceptors (Lipinski definition) is 7. The number of fused-ring (bicyclic) bond motifs is 1. The predicted octanol–water partition coefficient (Wildman–Crippen LogP) is 5.06. The number of anilines is 1. The zero-order chi connectivity index (χ0) is 27.6. The lowest BCUT2D eigenvalue weighted by atomic mass is 10.1. The molecule has 1 fully saturated rings. The summed E-state index contributed by atoms with van der Waals surface area (Å²) in [6.07, 6.45) is 1.45. The van der Waals surface area contributed by atoms with Crippen molar-refractivity contribution in [3.8, 4) is 17.2 Å². The molecule has 0 saturated carbocycles. The third kappa shape index (κ3) is 6.16. The Hall–Kier alpha value is -4.08. The second kappa shape index (κ2) is 11.0. The predicted molar refractivity (Wildman–Crippen MR) is 142 cm³/mol. The first-order valence-corrected chi connectivity index (χ1v) is 13.0. The molecule has 0 spiro atoms. The number of nitrogens with two attached hydrogens (primary N) is 1. The minimum Gasteiger partial charge on any atom is -0.368 e. The molecule has 1 saturated heterocycles. The van der Waals surface area contributed by atoms with Gasteiger partial charge in [0.05, 0.1) is 11.1 Å². The molecule has 1 aliphatic rings. The van der Waals surface area contributed by atoms with Crippen molar-refractivity contribution < 1.29 is 18.0 Å². The van der Waals surface area contributed by atoms with Crippen molar-refractivity contribution in [3.63, 3.8) is 0 Å². The minimum atomic E-state index is -4.39. The lowest BCUT2D eigenvalue weighted by Crippen LogP contribution is -2.35. The molecule has 0 bridgehead atoms. The Bertz CT molecular complexity index is 1520. The Balaban J connectivity index is 1.18. The van der Waals surface area contributed by atoms with Gasteiger partial charge in [0, 0.05) is 53.6 Å². The molecule has 4 aromatic rings. The average molecular weight is 552 g/mol. The smallest absolute Gasteiger partial charge is 0.368 e. The zero-order valence-corrected chi connectivity index (χ0v) is 21.5. The molecule has 0 unspecified atom stereocenters. The van der Waals surface area contributed by atoms with Crippen LogP contribution in [0.1, 0.15) is 24.0 Å². The lowest BCUT2D eigenvalue weighted by Gasteiger charge is -2.31. The van der Waals surface area contributed by atoms with E-state index < -0.39 is 17.6 Å². The van der Waals surface area contributed by atoms with E-state index in [1.54, 1.807) is 28.9 Å². The van der Waals surface area contributed by atoms with Gasteiger partial charge in [-0.1, -0.05) is 12.1 Å². The van der Waals surface area contributed by atoms with E-state index in [2.05, 4.69) is 25.7 Å². The van der Waals surface area contributed by atoms with Gasteiger partial charge < -0.3 is 15.6 Å². The molecule has 3 aromatic heterocycles. The first kappa shape index (κ1) is 26.5. The number of benzene rings is 1. The van der Waals surface area contributed by atoms with Crippen LogP contribution in [0.4, 0.5) is 19.0 Å². The summed E-state index contributed by atoms with van der Waals surface area (Å²) in [6, 6.07) is 14.7. The van der Waals surface area contributed by atoms with E-state index in [0.29, 0.717) is 22.4 Å². The lowest BCUT2D eigenvalue weighted by molar-refractivity contribution is -0.137. The summed E-state index contributed by atoms with van der Waals surface area (Å²) in [6.45, 7) is 1.60. The summed E-state index contributed by atoms with van der Waals surface area (Å²) in [5.41, 5.74) is 7.33. The molecule has 1 aliphatic heterocycles. The van der Waals surface area contributed by atoms with Gasteiger partial charge in [-0.15, -0.1) is 0 Å². The fourth-order valence-corrected chi connectivity index (χ4v) is 5.46. The van der Waals surface area contributed by atoms with Gasteiger partial charge in [-0.3, -0.25) is 4.79 Å². The number of piperidine rings is 1. The van der Waals surface area contributed by atoms with Crippen LogP contribution in [-0.2, 0) is 17.5 Å². The third-order valence-corrected chi connectivity index (χ3v) is 7.59. The van der Waals surface area contributed by atoms with Crippen LogP contribution in [0.5, 0.6) is 0 Å². The first-order valence-electron chi connectivity index (χ1n) is 12.2. The van der Waals surface area contributed by atoms with Crippen LogP contribution < -0.4 is 11.1 Å². The van der Waals surface area contributed by atoms with Crippen LogP contribution >= 0.6 is 11.9 Å². The average Bonchev–Trinajstić information content (AvgIpc) is 3.26. The van der Waals surface area contributed by atoms with Crippen LogP contribution in [0.15, 0.2) is 66.0 Å². The monoisotopic (exact) mass is 551 g/mol. The van der Waals surface area contributed by atoms with Crippen molar-refractivity contribution in [3.05, 3.63) is 72.2 Å². The highest BCUT2D eigenvalue weighted by Crippen LogP contribution is 2.32. The Morgan fingerprint density at radius 3 is 2.46 bits per heavy atom. The summed E-state index contributed by atoms with van der Waals surface area (Å²) in [5.74, 6) is -0.0595. The Morgan fingerprint density at radius 2 is 1.85 bits per heavy atom. The van der Waals surface area contributed by atoms with Crippen LogP contribution in [0.3, 0.4) is 0 Å². The van der Waals surface area contributed by atoms with E-state index in [9.17, 15) is 23.2 Å². The van der Waals surface area contributed by atoms with Gasteiger partial charge in [-0.25, -0.2) is 14.3 Å². The minimum absolute atomic E-state index is 0.0459. The second-order valence-electron chi connectivity index (χ2n) is 9.24. The highest BCUT2D eigenvalue weighted by molar-refractivity contribution is 7.97. The zero-order valence-electron chi connectivity index (χ0n) is 20.7. The van der Waals surface area contributed by atoms with Crippen molar-refractivity contribution in [2.24, 2.45) is 5.73 Å². The van der Waals surface area contributed by atoms with Gasteiger partial charge in [0.2, 0.25) is 5.91 Å². The topological polar surface area (TPSA) is 113 Å². The molecular weight excluding hydrogens is 527 g/mol. The maximum atomic E-state index is 12.7. The van der Waals surface area contributed by atoms with Crippen LogP contribution in [0, 0.1) is 11.3 Å². The summed E-state index contributed by atoms with van der Waals surface area (Å²) < 4.78 is 42.0. The Kier molecular flexibility index (Phi) is 7.45. The number of nitrogens with zero attached hydrogens (tertiary/aromatic N) is 5. The van der Waals surface area contributed by atoms with E-state index in [4.69, 9.17) is 5.73 Å². The SMILES string of the molecule is N#Cc1cn(CC(N)=O)c2ncc(-c3ccc(SN4CCC(Nc5ccc(C(F)(F)F)cn5)CC4)cc3)cc12. The number of pyridine rings is 2. The molecule has 1 aromatic carbocycles. The van der Waals surface area contributed by atoms with Gasteiger partial charge >= 0.3 is 6.18 Å². The van der Waals surface area contributed by atoms with E-state index in [1.807, 2.05) is 30.3 Å². The summed E-state index contributed by atoms with van der Waals surface area (Å²) in [4.78, 5) is 20.8. The van der Waals surface area contributed by atoms with E-state index in [-0.39, 0.29) is 12.6 Å². The maximum Gasteiger partial charge on any atom is 0.417 e. The van der Waals surface area contributed by atoms with Crippen LogP contribution in [0.2, 0.25) is 0 Å². The van der Waals surface area contributed by atoms with Crippen LogP contribution in [-0.4, -0.2) is 43.9 Å². The van der Waals surface area contributed by atoms with Crippen LogP contribution in [0.25, 0.3) is 22.2 Å². The summed E-state index contributed by atoms with van der Waals surface area (Å²) in [5, 5.41) is 13.4. The molecular formula is C27H24F3N7OS. The number of carbonyl (C=O) groups is 1. The van der Waals surface area contributed by atoms with Gasteiger partial charge in [-0.2, -0.15) is 18.4 Å². The number of alkyl halides is 3. The van der Waals surface area contributed by atoms with Crippen molar-refractivity contribution in [1.82, 2.24) is 18.8 Å². The molecule has 8 nitrogen and oxygen atoms in total. The maximum absolute atomic E-state index is 12.7. The molecule has 1 amide bonds. The second-order valence-corrected chi connectivity index (χ2v) is 10.4. The Labute approximate surface area is 226 Å². The highest BCUT2D eigenvalue weighted by Gasteiger charge is 2.30. The van der Waals surface area contributed by atoms with Crippen molar-refractivity contribution >= 4 is 34.7 Å². The largest absolute Gasteiger partial charge is 0.417 e. The quantitative estimate of drug-likeness (QED) is 0.309. The fraction of sp³-hybridized carbons (Fsp3) is 0.259. The summed E-state index contributed by atoms with van der Waals surface area (Å²) in [7, 11) is 0. The van der Waals surface area contributed by atoms with Gasteiger partial charge in [0.15, 0.2) is 0 Å². The Morgan fingerprint density at radius 1 is 1.10 bits per heavy atom.